The van der Waals surface area contributed by atoms with E-state index in [2.05, 4.69) is 15.5 Å². The van der Waals surface area contributed by atoms with Gasteiger partial charge in [0, 0.05) is 12.6 Å². The van der Waals surface area contributed by atoms with Gasteiger partial charge in [0.2, 0.25) is 0 Å². The van der Waals surface area contributed by atoms with Gasteiger partial charge in [0.1, 0.15) is 5.51 Å². The summed E-state index contributed by atoms with van der Waals surface area (Å²) in [7, 11) is 2.00. The molecule has 4 nitrogen and oxygen atoms in total. The summed E-state index contributed by atoms with van der Waals surface area (Å²) >= 11 is 3.35. The van der Waals surface area contributed by atoms with Crippen LogP contribution in [-0.2, 0) is 4.74 Å². The Morgan fingerprint density at radius 2 is 2.64 bits per heavy atom. The molecule has 0 amide bonds. The van der Waals surface area contributed by atoms with E-state index in [9.17, 15) is 0 Å². The van der Waals surface area contributed by atoms with Crippen LogP contribution >= 0.6 is 23.1 Å². The fourth-order valence-corrected chi connectivity index (χ4v) is 3.46. The van der Waals surface area contributed by atoms with Crippen LogP contribution in [0.4, 0.5) is 0 Å². The highest BCUT2D eigenvalue weighted by molar-refractivity contribution is 8.01. The van der Waals surface area contributed by atoms with Crippen molar-refractivity contribution >= 4 is 23.1 Å². The second kappa shape index (κ2) is 5.06. The van der Waals surface area contributed by atoms with E-state index in [1.54, 1.807) is 28.6 Å². The molecule has 1 aliphatic rings. The predicted octanol–water partition coefficient (Wildman–Crippen LogP) is 1.01. The fraction of sp³-hybridized carbons (Fsp3) is 0.750. The molecule has 1 N–H and O–H groups in total. The first kappa shape index (κ1) is 10.4. The van der Waals surface area contributed by atoms with Gasteiger partial charge in [-0.3, -0.25) is 0 Å². The van der Waals surface area contributed by atoms with Gasteiger partial charge < -0.3 is 10.1 Å². The first-order valence-corrected chi connectivity index (χ1v) is 6.34. The molecule has 14 heavy (non-hydrogen) atoms. The smallest absolute Gasteiger partial charge is 0.174 e. The van der Waals surface area contributed by atoms with Gasteiger partial charge in [-0.1, -0.05) is 23.1 Å². The molecule has 1 aromatic rings. The number of nitrogens with zero attached hydrogens (tertiary/aromatic N) is 2. The van der Waals surface area contributed by atoms with Crippen LogP contribution in [0.1, 0.15) is 6.42 Å². The summed E-state index contributed by atoms with van der Waals surface area (Å²) in [5.41, 5.74) is 1.76. The Bertz CT molecular complexity index is 268. The van der Waals surface area contributed by atoms with Crippen molar-refractivity contribution in [3.8, 4) is 0 Å². The van der Waals surface area contributed by atoms with Gasteiger partial charge in [0.15, 0.2) is 4.34 Å². The third-order valence-corrected chi connectivity index (χ3v) is 4.38. The fourth-order valence-electron chi connectivity index (χ4n) is 1.50. The van der Waals surface area contributed by atoms with Crippen LogP contribution in [-0.4, -0.2) is 41.8 Å². The Kier molecular flexibility index (Phi) is 3.74. The van der Waals surface area contributed by atoms with Crippen LogP contribution in [0.2, 0.25) is 0 Å². The van der Waals surface area contributed by atoms with Crippen LogP contribution in [0.5, 0.6) is 0 Å². The van der Waals surface area contributed by atoms with Crippen molar-refractivity contribution < 1.29 is 4.74 Å². The number of rotatable bonds is 3. The zero-order valence-electron chi connectivity index (χ0n) is 7.97. The first-order valence-electron chi connectivity index (χ1n) is 4.58. The minimum Gasteiger partial charge on any atom is -0.380 e. The van der Waals surface area contributed by atoms with E-state index in [1.165, 1.54) is 0 Å². The molecule has 2 rings (SSSR count). The molecule has 2 atom stereocenters. The van der Waals surface area contributed by atoms with Gasteiger partial charge in [-0.05, 0) is 13.5 Å². The van der Waals surface area contributed by atoms with Gasteiger partial charge in [-0.25, -0.2) is 0 Å². The topological polar surface area (TPSA) is 47.0 Å². The molecule has 78 valence electrons. The average molecular weight is 231 g/mol. The lowest BCUT2D eigenvalue weighted by molar-refractivity contribution is 0.0850. The van der Waals surface area contributed by atoms with E-state index >= 15 is 0 Å². The van der Waals surface area contributed by atoms with E-state index in [0.29, 0.717) is 11.3 Å². The number of aromatic nitrogens is 2. The maximum Gasteiger partial charge on any atom is 0.174 e. The summed E-state index contributed by atoms with van der Waals surface area (Å²) in [5, 5.41) is 11.6. The lowest BCUT2D eigenvalue weighted by Gasteiger charge is -2.29. The molecule has 1 fully saturated rings. The molecule has 1 aliphatic heterocycles. The SMILES string of the molecule is CNC1CCOCC1Sc1nncs1. The van der Waals surface area contributed by atoms with Crippen molar-refractivity contribution in [1.82, 2.24) is 15.5 Å². The van der Waals surface area contributed by atoms with Crippen LogP contribution < -0.4 is 5.32 Å². The van der Waals surface area contributed by atoms with Crippen molar-refractivity contribution in [2.24, 2.45) is 0 Å². The summed E-state index contributed by atoms with van der Waals surface area (Å²) in [6, 6.07) is 0.526. The second-order valence-electron chi connectivity index (χ2n) is 3.12. The van der Waals surface area contributed by atoms with Gasteiger partial charge in [-0.15, -0.1) is 10.2 Å². The van der Waals surface area contributed by atoms with Gasteiger partial charge in [0.25, 0.3) is 0 Å². The number of thioether (sulfide) groups is 1. The monoisotopic (exact) mass is 231 g/mol. The third-order valence-electron chi connectivity index (χ3n) is 2.27. The third kappa shape index (κ3) is 2.44. The molecule has 0 radical (unpaired) electrons. The summed E-state index contributed by atoms with van der Waals surface area (Å²) in [4.78, 5) is 0. The molecular weight excluding hydrogens is 218 g/mol. The Labute approximate surface area is 91.4 Å². The maximum absolute atomic E-state index is 5.46. The zero-order chi connectivity index (χ0) is 9.80. The molecule has 2 unspecified atom stereocenters. The number of ether oxygens (including phenoxy) is 1. The molecule has 0 bridgehead atoms. The van der Waals surface area contributed by atoms with Gasteiger partial charge >= 0.3 is 0 Å². The van der Waals surface area contributed by atoms with E-state index in [1.807, 2.05) is 7.05 Å². The quantitative estimate of drug-likeness (QED) is 0.841. The Balaban J connectivity index is 1.94. The molecule has 0 spiro atoms. The van der Waals surface area contributed by atoms with Crippen molar-refractivity contribution in [2.75, 3.05) is 20.3 Å². The Morgan fingerprint density at radius 3 is 3.36 bits per heavy atom. The highest BCUT2D eigenvalue weighted by Gasteiger charge is 2.26. The van der Waals surface area contributed by atoms with E-state index in [-0.39, 0.29) is 0 Å². The summed E-state index contributed by atoms with van der Waals surface area (Å²) in [5.74, 6) is 0. The zero-order valence-corrected chi connectivity index (χ0v) is 9.61. The Morgan fingerprint density at radius 1 is 1.71 bits per heavy atom. The molecule has 0 aliphatic carbocycles. The largest absolute Gasteiger partial charge is 0.380 e. The van der Waals surface area contributed by atoms with Crippen LogP contribution in [0, 0.1) is 0 Å². The van der Waals surface area contributed by atoms with Crippen LogP contribution in [0.3, 0.4) is 0 Å². The molecule has 0 aromatic carbocycles. The molecule has 0 saturated carbocycles. The summed E-state index contributed by atoms with van der Waals surface area (Å²) in [6.45, 7) is 1.66. The van der Waals surface area contributed by atoms with Crippen LogP contribution in [0.15, 0.2) is 9.85 Å². The summed E-state index contributed by atoms with van der Waals surface area (Å²) in [6.07, 6.45) is 1.08. The standard InChI is InChI=1S/C8H13N3OS2/c1-9-6-2-3-12-4-7(6)14-8-11-10-5-13-8/h5-7,9H,2-4H2,1H3. The van der Waals surface area contributed by atoms with Crippen molar-refractivity contribution in [3.05, 3.63) is 5.51 Å². The molecular formula is C8H13N3OS2. The van der Waals surface area contributed by atoms with Crippen molar-refractivity contribution in [2.45, 2.75) is 22.1 Å². The first-order chi connectivity index (χ1) is 6.90. The van der Waals surface area contributed by atoms with Crippen molar-refractivity contribution in [3.63, 3.8) is 0 Å². The van der Waals surface area contributed by atoms with Crippen molar-refractivity contribution in [1.29, 1.82) is 0 Å². The molecule has 6 heteroatoms. The van der Waals surface area contributed by atoms with Gasteiger partial charge in [0.05, 0.1) is 11.9 Å². The van der Waals surface area contributed by atoms with E-state index < -0.39 is 0 Å². The highest BCUT2D eigenvalue weighted by atomic mass is 32.2. The number of nitrogens with one attached hydrogen (secondary N) is 1. The minimum absolute atomic E-state index is 0.460. The summed E-state index contributed by atoms with van der Waals surface area (Å²) < 4.78 is 6.49. The van der Waals surface area contributed by atoms with Crippen LogP contribution in [0.25, 0.3) is 0 Å². The molecule has 1 saturated heterocycles. The Hall–Kier alpha value is -0.170. The average Bonchev–Trinajstić information content (AvgIpc) is 2.71. The number of hydrogen-bond acceptors (Lipinski definition) is 6. The van der Waals surface area contributed by atoms with E-state index in [4.69, 9.17) is 4.74 Å². The second-order valence-corrected chi connectivity index (χ2v) is 5.44. The lowest BCUT2D eigenvalue weighted by Crippen LogP contribution is -2.43. The van der Waals surface area contributed by atoms with Gasteiger partial charge in [-0.2, -0.15) is 0 Å². The molecule has 1 aromatic heterocycles. The highest BCUT2D eigenvalue weighted by Crippen LogP contribution is 2.29. The maximum atomic E-state index is 5.46. The number of hydrogen-bond donors (Lipinski definition) is 1. The minimum atomic E-state index is 0.460. The predicted molar refractivity (Wildman–Crippen MR) is 57.8 cm³/mol. The molecule has 2 heterocycles. The lowest BCUT2D eigenvalue weighted by atomic mass is 10.1. The van der Waals surface area contributed by atoms with E-state index in [0.717, 1.165) is 24.0 Å². The normalized spacial score (nSPS) is 27.8.